The van der Waals surface area contributed by atoms with E-state index in [1.54, 1.807) is 13.0 Å². The lowest BCUT2D eigenvalue weighted by Crippen LogP contribution is -2.35. The van der Waals surface area contributed by atoms with Crippen LogP contribution in [-0.2, 0) is 0 Å². The van der Waals surface area contributed by atoms with E-state index < -0.39 is 0 Å². The smallest absolute Gasteiger partial charge is 0.270 e. The number of nitrogens with zero attached hydrogens (tertiary/aromatic N) is 2. The highest BCUT2D eigenvalue weighted by atomic mass is 16.5. The number of rotatable bonds is 6. The molecule has 0 aliphatic heterocycles. The van der Waals surface area contributed by atoms with Gasteiger partial charge in [0.1, 0.15) is 23.1 Å². The third kappa shape index (κ3) is 5.68. The first-order chi connectivity index (χ1) is 13.5. The molecule has 2 aromatic rings. The Morgan fingerprint density at radius 2 is 1.82 bits per heavy atom. The largest absolute Gasteiger partial charge is 0.489 e. The fourth-order valence-electron chi connectivity index (χ4n) is 3.50. The van der Waals surface area contributed by atoms with Crippen molar-refractivity contribution < 1.29 is 9.53 Å². The Morgan fingerprint density at radius 3 is 2.54 bits per heavy atom. The van der Waals surface area contributed by atoms with Crippen molar-refractivity contribution in [1.82, 2.24) is 15.3 Å². The highest BCUT2D eigenvalue weighted by Gasteiger charge is 2.18. The van der Waals surface area contributed by atoms with Gasteiger partial charge in [-0.05, 0) is 45.7 Å². The monoisotopic (exact) mass is 382 g/mol. The molecule has 1 amide bonds. The highest BCUT2D eigenvalue weighted by Crippen LogP contribution is 2.28. The number of aromatic nitrogens is 2. The first-order valence-corrected chi connectivity index (χ1v) is 10.2. The van der Waals surface area contributed by atoms with Gasteiger partial charge in [-0.15, -0.1) is 0 Å². The summed E-state index contributed by atoms with van der Waals surface area (Å²) in [5.74, 6) is 1.75. The zero-order valence-corrected chi connectivity index (χ0v) is 17.0. The lowest BCUT2D eigenvalue weighted by molar-refractivity contribution is 0.0928. The van der Waals surface area contributed by atoms with Crippen molar-refractivity contribution in [3.8, 4) is 5.75 Å². The molecule has 0 unspecified atom stereocenters. The molecule has 1 heterocycles. The van der Waals surface area contributed by atoms with E-state index in [1.807, 2.05) is 38.1 Å². The summed E-state index contributed by atoms with van der Waals surface area (Å²) in [7, 11) is 0. The summed E-state index contributed by atoms with van der Waals surface area (Å²) in [6.45, 7) is 5.77. The second kappa shape index (κ2) is 9.53. The quantitative estimate of drug-likeness (QED) is 0.704. The molecule has 1 aromatic carbocycles. The zero-order chi connectivity index (χ0) is 19.9. The molecule has 0 saturated heterocycles. The van der Waals surface area contributed by atoms with Gasteiger partial charge in [0.15, 0.2) is 0 Å². The van der Waals surface area contributed by atoms with Gasteiger partial charge in [-0.1, -0.05) is 37.8 Å². The fourth-order valence-corrected chi connectivity index (χ4v) is 3.50. The molecule has 6 nitrogen and oxygen atoms in total. The number of nitrogens with one attached hydrogen (secondary N) is 2. The van der Waals surface area contributed by atoms with E-state index in [4.69, 9.17) is 4.74 Å². The Hall–Kier alpha value is -2.63. The van der Waals surface area contributed by atoms with Crippen molar-refractivity contribution in [1.29, 1.82) is 0 Å². The first-order valence-electron chi connectivity index (χ1n) is 10.2. The van der Waals surface area contributed by atoms with Crippen LogP contribution in [0.15, 0.2) is 30.3 Å². The van der Waals surface area contributed by atoms with Crippen LogP contribution < -0.4 is 15.4 Å². The van der Waals surface area contributed by atoms with Gasteiger partial charge in [0.05, 0.1) is 11.8 Å². The SMILES string of the molecule is Cc1nc(Nc2ccccc2OC(C)C)cc(C(=O)NC2CCCCCC2)n1. The average Bonchev–Trinajstić information content (AvgIpc) is 2.91. The van der Waals surface area contributed by atoms with Crippen molar-refractivity contribution in [2.75, 3.05) is 5.32 Å². The van der Waals surface area contributed by atoms with Gasteiger partial charge in [-0.25, -0.2) is 9.97 Å². The molecular formula is C22H30N4O2. The Kier molecular flexibility index (Phi) is 6.85. The van der Waals surface area contributed by atoms with Crippen molar-refractivity contribution in [2.24, 2.45) is 0 Å². The summed E-state index contributed by atoms with van der Waals surface area (Å²) in [6.07, 6.45) is 7.01. The van der Waals surface area contributed by atoms with Gasteiger partial charge in [0.2, 0.25) is 0 Å². The molecule has 28 heavy (non-hydrogen) atoms. The predicted molar refractivity (Wildman–Crippen MR) is 111 cm³/mol. The van der Waals surface area contributed by atoms with Crippen LogP contribution in [0.3, 0.4) is 0 Å². The van der Waals surface area contributed by atoms with Crippen LogP contribution in [-0.4, -0.2) is 28.0 Å². The molecule has 1 saturated carbocycles. The zero-order valence-electron chi connectivity index (χ0n) is 17.0. The van der Waals surface area contributed by atoms with E-state index in [0.717, 1.165) is 24.3 Å². The number of aryl methyl sites for hydroxylation is 1. The number of hydrogen-bond acceptors (Lipinski definition) is 5. The first kappa shape index (κ1) is 20.1. The summed E-state index contributed by atoms with van der Waals surface area (Å²) in [5, 5.41) is 6.42. The topological polar surface area (TPSA) is 76.1 Å². The number of carbonyl (C=O) groups excluding carboxylic acids is 1. The molecule has 0 bridgehead atoms. The van der Waals surface area contributed by atoms with Gasteiger partial charge in [0, 0.05) is 12.1 Å². The van der Waals surface area contributed by atoms with E-state index in [1.165, 1.54) is 25.7 Å². The molecule has 2 N–H and O–H groups in total. The molecule has 6 heteroatoms. The molecular weight excluding hydrogens is 352 g/mol. The number of hydrogen-bond donors (Lipinski definition) is 2. The van der Waals surface area contributed by atoms with Crippen molar-refractivity contribution in [3.05, 3.63) is 41.9 Å². The lowest BCUT2D eigenvalue weighted by Gasteiger charge is -2.17. The summed E-state index contributed by atoms with van der Waals surface area (Å²) in [6, 6.07) is 9.65. The van der Waals surface area contributed by atoms with Crippen LogP contribution in [0.25, 0.3) is 0 Å². The molecule has 0 radical (unpaired) electrons. The summed E-state index contributed by atoms with van der Waals surface area (Å²) < 4.78 is 5.85. The third-order valence-corrected chi connectivity index (χ3v) is 4.77. The van der Waals surface area contributed by atoms with Crippen LogP contribution in [0.4, 0.5) is 11.5 Å². The molecule has 0 atom stereocenters. The van der Waals surface area contributed by atoms with E-state index in [0.29, 0.717) is 17.3 Å². The minimum Gasteiger partial charge on any atom is -0.489 e. The maximum Gasteiger partial charge on any atom is 0.270 e. The number of anilines is 2. The van der Waals surface area contributed by atoms with E-state index >= 15 is 0 Å². The number of ether oxygens (including phenoxy) is 1. The van der Waals surface area contributed by atoms with Crippen LogP contribution in [0.5, 0.6) is 5.75 Å². The van der Waals surface area contributed by atoms with Crippen LogP contribution in [0, 0.1) is 6.92 Å². The van der Waals surface area contributed by atoms with E-state index in [2.05, 4.69) is 20.6 Å². The molecule has 3 rings (SSSR count). The maximum absolute atomic E-state index is 12.7. The van der Waals surface area contributed by atoms with Crippen LogP contribution in [0.2, 0.25) is 0 Å². The predicted octanol–water partition coefficient (Wildman–Crippen LogP) is 4.77. The molecule has 1 aromatic heterocycles. The molecule has 1 fully saturated rings. The lowest BCUT2D eigenvalue weighted by atomic mass is 10.1. The van der Waals surface area contributed by atoms with Crippen LogP contribution in [0.1, 0.15) is 68.7 Å². The number of para-hydroxylation sites is 2. The second-order valence-corrected chi connectivity index (χ2v) is 7.64. The second-order valence-electron chi connectivity index (χ2n) is 7.64. The number of amides is 1. The van der Waals surface area contributed by atoms with Crippen molar-refractivity contribution >= 4 is 17.4 Å². The van der Waals surface area contributed by atoms with E-state index in [9.17, 15) is 4.79 Å². The third-order valence-electron chi connectivity index (χ3n) is 4.77. The van der Waals surface area contributed by atoms with Gasteiger partial charge in [0.25, 0.3) is 5.91 Å². The Morgan fingerprint density at radius 1 is 1.11 bits per heavy atom. The Labute approximate surface area is 167 Å². The van der Waals surface area contributed by atoms with Gasteiger partial charge < -0.3 is 15.4 Å². The number of benzene rings is 1. The average molecular weight is 383 g/mol. The Balaban J connectivity index is 1.75. The summed E-state index contributed by atoms with van der Waals surface area (Å²) in [5.41, 5.74) is 1.20. The van der Waals surface area contributed by atoms with E-state index in [-0.39, 0.29) is 18.1 Å². The standard InChI is InChI=1S/C22H30N4O2/c1-15(2)28-20-13-9-8-12-18(20)26-21-14-19(23-16(3)24-21)22(27)25-17-10-6-4-5-7-11-17/h8-9,12-15,17H,4-7,10-11H2,1-3H3,(H,25,27)(H,23,24,26). The molecule has 0 spiro atoms. The molecule has 1 aliphatic carbocycles. The molecule has 150 valence electrons. The van der Waals surface area contributed by atoms with Gasteiger partial charge in [-0.3, -0.25) is 4.79 Å². The Bertz CT molecular complexity index is 799. The minimum absolute atomic E-state index is 0.0657. The van der Waals surface area contributed by atoms with Crippen molar-refractivity contribution in [2.45, 2.75) is 71.4 Å². The molecule has 1 aliphatic rings. The van der Waals surface area contributed by atoms with Crippen LogP contribution >= 0.6 is 0 Å². The van der Waals surface area contributed by atoms with Gasteiger partial charge in [-0.2, -0.15) is 0 Å². The van der Waals surface area contributed by atoms with Crippen molar-refractivity contribution in [3.63, 3.8) is 0 Å². The normalized spacial score (nSPS) is 15.1. The fraction of sp³-hybridized carbons (Fsp3) is 0.500. The van der Waals surface area contributed by atoms with Gasteiger partial charge >= 0.3 is 0 Å². The highest BCUT2D eigenvalue weighted by molar-refractivity contribution is 5.93. The summed E-state index contributed by atoms with van der Waals surface area (Å²) >= 11 is 0. The minimum atomic E-state index is -0.132. The number of carbonyl (C=O) groups is 1. The maximum atomic E-state index is 12.7. The summed E-state index contributed by atoms with van der Waals surface area (Å²) in [4.78, 5) is 21.5.